The largest absolute Gasteiger partial charge is 0.371 e. The van der Waals surface area contributed by atoms with E-state index in [1.165, 1.54) is 21.8 Å². The maximum Gasteiger partial charge on any atom is 0.253 e. The molecule has 10 heteroatoms. The Kier molecular flexibility index (Phi) is 9.90. The van der Waals surface area contributed by atoms with Crippen LogP contribution in [0.15, 0.2) is 82.3 Å². The molecule has 3 aromatic heterocycles. The van der Waals surface area contributed by atoms with Crippen LogP contribution >= 0.6 is 22.7 Å². The summed E-state index contributed by atoms with van der Waals surface area (Å²) >= 11 is 2.95. The summed E-state index contributed by atoms with van der Waals surface area (Å²) in [5, 5.41) is 9.58. The van der Waals surface area contributed by atoms with Gasteiger partial charge in [0, 0.05) is 30.0 Å². The number of pyridine rings is 1. The topological polar surface area (TPSA) is 87.2 Å². The van der Waals surface area contributed by atoms with Gasteiger partial charge in [0.05, 0.1) is 17.3 Å². The zero-order chi connectivity index (χ0) is 27.9. The minimum atomic E-state index is -3.60. The molecule has 2 aliphatic rings. The monoisotopic (exact) mass is 583 g/mol. The number of nitrogens with one attached hydrogen (secondary N) is 2. The van der Waals surface area contributed by atoms with Gasteiger partial charge in [0.15, 0.2) is 0 Å². The first-order chi connectivity index (χ1) is 18.8. The maximum atomic E-state index is 13.6. The number of aromatic nitrogens is 2. The van der Waals surface area contributed by atoms with Gasteiger partial charge < -0.3 is 10.6 Å². The van der Waals surface area contributed by atoms with Gasteiger partial charge in [0.25, 0.3) is 10.0 Å². The van der Waals surface area contributed by atoms with E-state index in [2.05, 4.69) is 46.6 Å². The van der Waals surface area contributed by atoms with Crippen molar-refractivity contribution in [2.24, 2.45) is 0 Å². The highest BCUT2D eigenvalue weighted by atomic mass is 32.2. The van der Waals surface area contributed by atoms with Crippen LogP contribution in [0.2, 0.25) is 0 Å². The summed E-state index contributed by atoms with van der Waals surface area (Å²) in [5.41, 5.74) is 2.69. The predicted octanol–water partition coefficient (Wildman–Crippen LogP) is 5.42. The molecule has 0 amide bonds. The highest BCUT2D eigenvalue weighted by Crippen LogP contribution is 2.41. The van der Waals surface area contributed by atoms with Crippen LogP contribution in [0.25, 0.3) is 5.70 Å². The Labute approximate surface area is 240 Å². The summed E-state index contributed by atoms with van der Waals surface area (Å²) in [7, 11) is -1.66. The molecule has 4 heterocycles. The molecule has 2 N–H and O–H groups in total. The third-order valence-corrected chi connectivity index (χ3v) is 11.1. The Morgan fingerprint density at radius 1 is 1.23 bits per heavy atom. The summed E-state index contributed by atoms with van der Waals surface area (Å²) in [4.78, 5) is 9.74. The molecule has 0 saturated heterocycles. The molecule has 0 aromatic carbocycles. The Morgan fingerprint density at radius 3 is 2.72 bits per heavy atom. The van der Waals surface area contributed by atoms with Crippen LogP contribution < -0.4 is 10.6 Å². The van der Waals surface area contributed by atoms with Crippen LogP contribution in [-0.4, -0.2) is 54.4 Å². The van der Waals surface area contributed by atoms with Crippen molar-refractivity contribution in [3.63, 3.8) is 0 Å². The fourth-order valence-electron chi connectivity index (χ4n) is 4.61. The number of hydrogen-bond acceptors (Lipinski definition) is 8. The van der Waals surface area contributed by atoms with E-state index in [1.807, 2.05) is 56.0 Å². The number of thiophene rings is 1. The van der Waals surface area contributed by atoms with E-state index in [0.717, 1.165) is 42.1 Å². The number of rotatable bonds is 10. The van der Waals surface area contributed by atoms with E-state index in [-0.39, 0.29) is 6.04 Å². The van der Waals surface area contributed by atoms with E-state index < -0.39 is 15.6 Å². The van der Waals surface area contributed by atoms with Gasteiger partial charge in [-0.05, 0) is 75.0 Å². The van der Waals surface area contributed by atoms with E-state index in [1.54, 1.807) is 34.0 Å². The number of likely N-dealkylation sites (N-methyl/N-ethyl adjacent to an activating group) is 1. The molecule has 3 aromatic rings. The van der Waals surface area contributed by atoms with Crippen molar-refractivity contribution in [1.29, 1.82) is 0 Å². The standard InChI is InChI=1S/C23H30N4O2S3.C6H7N/c1-4-5-13-27(32(28,29)21-10-7-14-30-21)20-9-6-8-17-15-19(26-23(17,20)2)22-25-16-18(31-22)11-12-24-3;1-6-3-2-4-7-5-6/h6-10,14-16,20,24,26H,4-5,11-13H2,1-3H3;2-5H,1H3. The SMILES string of the molecule is CCCCN(C1C=CC=C2C=C(c3ncc(CCNC)s3)NC21C)S(=O)(=O)c1cccs1.Cc1cccnc1. The zero-order valence-corrected chi connectivity index (χ0v) is 25.4. The smallest absolute Gasteiger partial charge is 0.253 e. The van der Waals surface area contributed by atoms with Crippen LogP contribution in [0.1, 0.15) is 42.1 Å². The first-order valence-corrected chi connectivity index (χ1v) is 16.3. The molecule has 0 saturated carbocycles. The van der Waals surface area contributed by atoms with E-state index >= 15 is 0 Å². The van der Waals surface area contributed by atoms with Crippen LogP contribution in [0.3, 0.4) is 0 Å². The molecule has 0 bridgehead atoms. The van der Waals surface area contributed by atoms with Crippen LogP contribution in [-0.2, 0) is 16.4 Å². The highest BCUT2D eigenvalue weighted by molar-refractivity contribution is 7.91. The summed E-state index contributed by atoms with van der Waals surface area (Å²) in [6.45, 7) is 7.59. The van der Waals surface area contributed by atoms with Gasteiger partial charge in [-0.15, -0.1) is 22.7 Å². The normalized spacial score (nSPS) is 20.1. The van der Waals surface area contributed by atoms with Crippen LogP contribution in [0.5, 0.6) is 0 Å². The minimum absolute atomic E-state index is 0.335. The van der Waals surface area contributed by atoms with Crippen LogP contribution in [0, 0.1) is 6.92 Å². The molecule has 1 aliphatic heterocycles. The maximum absolute atomic E-state index is 13.6. The molecule has 208 valence electrons. The van der Waals surface area contributed by atoms with Gasteiger partial charge in [0.2, 0.25) is 0 Å². The predicted molar refractivity (Wildman–Crippen MR) is 162 cm³/mol. The second-order valence-corrected chi connectivity index (χ2v) is 13.9. The van der Waals surface area contributed by atoms with Crippen LogP contribution in [0.4, 0.5) is 0 Å². The number of thiazole rings is 1. The Bertz CT molecular complexity index is 1410. The van der Waals surface area contributed by atoms with E-state index in [4.69, 9.17) is 0 Å². The van der Waals surface area contributed by atoms with Gasteiger partial charge >= 0.3 is 0 Å². The summed E-state index contributed by atoms with van der Waals surface area (Å²) in [5.74, 6) is 0. The van der Waals surface area contributed by atoms with E-state index in [9.17, 15) is 8.42 Å². The summed E-state index contributed by atoms with van der Waals surface area (Å²) in [6, 6.07) is 7.10. The Balaban J connectivity index is 0.000000438. The molecule has 5 rings (SSSR count). The van der Waals surface area contributed by atoms with Crippen molar-refractivity contribution < 1.29 is 8.42 Å². The minimum Gasteiger partial charge on any atom is -0.371 e. The molecule has 1 aliphatic carbocycles. The van der Waals surface area contributed by atoms with Crippen molar-refractivity contribution >= 4 is 38.4 Å². The quantitative estimate of drug-likeness (QED) is 0.332. The molecular weight excluding hydrogens is 547 g/mol. The third kappa shape index (κ3) is 6.75. The van der Waals surface area contributed by atoms with Crippen molar-refractivity contribution in [3.05, 3.63) is 93.6 Å². The van der Waals surface area contributed by atoms with Gasteiger partial charge in [-0.3, -0.25) is 4.98 Å². The van der Waals surface area contributed by atoms with Gasteiger partial charge in [-0.2, -0.15) is 4.31 Å². The second-order valence-electron chi connectivity index (χ2n) is 9.75. The molecule has 0 spiro atoms. The zero-order valence-electron chi connectivity index (χ0n) is 22.9. The molecule has 7 nitrogen and oxygen atoms in total. The number of nitrogens with zero attached hydrogens (tertiary/aromatic N) is 3. The molecule has 0 fully saturated rings. The van der Waals surface area contributed by atoms with Crippen molar-refractivity contribution in [1.82, 2.24) is 24.9 Å². The Hall–Kier alpha value is -2.63. The number of aryl methyl sites for hydroxylation is 1. The summed E-state index contributed by atoms with van der Waals surface area (Å²) in [6.07, 6.45) is 16.4. The fourth-order valence-corrected chi connectivity index (χ4v) is 8.31. The average molecular weight is 584 g/mol. The molecule has 2 atom stereocenters. The second kappa shape index (κ2) is 13.1. The number of fused-ring (bicyclic) bond motifs is 1. The van der Waals surface area contributed by atoms with E-state index in [0.29, 0.717) is 10.8 Å². The van der Waals surface area contributed by atoms with Gasteiger partial charge in [-0.1, -0.05) is 43.7 Å². The first-order valence-electron chi connectivity index (χ1n) is 13.2. The lowest BCUT2D eigenvalue weighted by molar-refractivity contribution is 0.264. The number of hydrogen-bond donors (Lipinski definition) is 2. The summed E-state index contributed by atoms with van der Waals surface area (Å²) < 4.78 is 29.3. The van der Waals surface area contributed by atoms with Crippen molar-refractivity contribution in [2.45, 2.75) is 55.8 Å². The number of unbranched alkanes of at least 4 members (excludes halogenated alkanes) is 1. The Morgan fingerprint density at radius 2 is 2.08 bits per heavy atom. The lowest BCUT2D eigenvalue weighted by Gasteiger charge is -2.42. The molecular formula is C29H37N5O2S3. The van der Waals surface area contributed by atoms with Gasteiger partial charge in [-0.25, -0.2) is 13.4 Å². The van der Waals surface area contributed by atoms with Gasteiger partial charge in [0.1, 0.15) is 9.22 Å². The lowest BCUT2D eigenvalue weighted by Crippen LogP contribution is -2.58. The first kappa shape index (κ1) is 29.4. The lowest BCUT2D eigenvalue weighted by atomic mass is 9.82. The highest BCUT2D eigenvalue weighted by Gasteiger charge is 2.48. The fraction of sp³-hybridized carbons (Fsp3) is 0.379. The number of sulfonamides is 1. The molecule has 2 unspecified atom stereocenters. The average Bonchev–Trinajstić information content (AvgIpc) is 3.69. The number of allylic oxidation sites excluding steroid dienone is 2. The van der Waals surface area contributed by atoms with Crippen molar-refractivity contribution in [2.75, 3.05) is 20.1 Å². The third-order valence-electron chi connectivity index (χ3n) is 6.77. The molecule has 39 heavy (non-hydrogen) atoms. The van der Waals surface area contributed by atoms with Crippen molar-refractivity contribution in [3.8, 4) is 0 Å². The molecule has 0 radical (unpaired) electrons.